The number of imidazole rings is 1. The maximum atomic E-state index is 14.6. The van der Waals surface area contributed by atoms with Gasteiger partial charge < -0.3 is 19.8 Å². The maximum absolute atomic E-state index is 14.6. The molecule has 0 amide bonds. The van der Waals surface area contributed by atoms with Crippen molar-refractivity contribution in [3.05, 3.63) is 64.6 Å². The first kappa shape index (κ1) is 20.9. The Bertz CT molecular complexity index is 1400. The number of ether oxygens (including phenoxy) is 1. The highest BCUT2D eigenvalue weighted by Gasteiger charge is 2.22. The molecule has 0 spiro atoms. The number of nitrogens with zero attached hydrogens (tertiary/aromatic N) is 7. The van der Waals surface area contributed by atoms with E-state index < -0.39 is 0 Å². The number of hydrogen-bond donors (Lipinski definition) is 1. The van der Waals surface area contributed by atoms with E-state index in [1.54, 1.807) is 27.5 Å². The predicted molar refractivity (Wildman–Crippen MR) is 122 cm³/mol. The summed E-state index contributed by atoms with van der Waals surface area (Å²) >= 11 is 0. The van der Waals surface area contributed by atoms with Crippen molar-refractivity contribution >= 4 is 17.4 Å². The van der Waals surface area contributed by atoms with Crippen molar-refractivity contribution in [1.82, 2.24) is 29.0 Å². The van der Waals surface area contributed by atoms with Gasteiger partial charge in [0.2, 0.25) is 11.6 Å². The fraction of sp³-hybridized carbons (Fsp3) is 0.304. The Morgan fingerprint density at radius 1 is 1.33 bits per heavy atom. The zero-order valence-electron chi connectivity index (χ0n) is 18.6. The zero-order chi connectivity index (χ0) is 23.1. The fourth-order valence-corrected chi connectivity index (χ4v) is 4.18. The third-order valence-corrected chi connectivity index (χ3v) is 5.64. The summed E-state index contributed by atoms with van der Waals surface area (Å²) in [6.45, 7) is 8.91. The molecule has 0 fully saturated rings. The van der Waals surface area contributed by atoms with Crippen molar-refractivity contribution in [2.24, 2.45) is 7.05 Å². The zero-order valence-corrected chi connectivity index (χ0v) is 18.6. The van der Waals surface area contributed by atoms with Crippen LogP contribution in [0.25, 0.3) is 21.7 Å². The van der Waals surface area contributed by atoms with E-state index in [0.717, 1.165) is 28.3 Å². The second-order valence-electron chi connectivity index (χ2n) is 8.24. The topological polar surface area (TPSA) is 76.9 Å². The summed E-state index contributed by atoms with van der Waals surface area (Å²) in [6, 6.07) is 5.09. The van der Waals surface area contributed by atoms with Gasteiger partial charge in [0.15, 0.2) is 0 Å². The molecule has 1 N–H and O–H groups in total. The summed E-state index contributed by atoms with van der Waals surface area (Å²) in [4.78, 5) is 14.6. The van der Waals surface area contributed by atoms with Crippen molar-refractivity contribution in [1.29, 1.82) is 0 Å². The van der Waals surface area contributed by atoms with E-state index in [2.05, 4.69) is 25.2 Å². The Balaban J connectivity index is 1.53. The van der Waals surface area contributed by atoms with Crippen LogP contribution in [0.5, 0.6) is 5.75 Å². The maximum Gasteiger partial charge on any atom is 0.288 e. The molecule has 1 aliphatic heterocycles. The lowest BCUT2D eigenvalue weighted by atomic mass is 10.0. The first-order valence-corrected chi connectivity index (χ1v) is 10.5. The monoisotopic (exact) mass is 446 g/mol. The minimum absolute atomic E-state index is 0.240. The van der Waals surface area contributed by atoms with Gasteiger partial charge in [-0.05, 0) is 32.3 Å². The molecule has 33 heavy (non-hydrogen) atoms. The van der Waals surface area contributed by atoms with Crippen LogP contribution in [0.4, 0.5) is 16.2 Å². The van der Waals surface area contributed by atoms with E-state index in [4.69, 9.17) is 11.3 Å². The van der Waals surface area contributed by atoms with E-state index >= 15 is 0 Å². The first-order chi connectivity index (χ1) is 15.9. The molecule has 0 radical (unpaired) electrons. The van der Waals surface area contributed by atoms with Crippen LogP contribution in [0.1, 0.15) is 16.8 Å². The first-order valence-electron chi connectivity index (χ1n) is 10.5. The molecule has 0 unspecified atom stereocenters. The van der Waals surface area contributed by atoms with Crippen LogP contribution in [0.15, 0.2) is 30.6 Å². The number of aromatic nitrogens is 5. The molecule has 0 atom stereocenters. The number of benzene rings is 1. The van der Waals surface area contributed by atoms with Crippen LogP contribution in [-0.4, -0.2) is 49.8 Å². The average Bonchev–Trinajstić information content (AvgIpc) is 3.50. The summed E-state index contributed by atoms with van der Waals surface area (Å²) in [5, 5.41) is 7.80. The smallest absolute Gasteiger partial charge is 0.288 e. The third kappa shape index (κ3) is 3.76. The van der Waals surface area contributed by atoms with E-state index in [9.17, 15) is 4.39 Å². The van der Waals surface area contributed by atoms with Gasteiger partial charge in [0.1, 0.15) is 11.6 Å². The average molecular weight is 446 g/mol. The minimum Gasteiger partial charge on any atom is -0.493 e. The van der Waals surface area contributed by atoms with E-state index in [1.165, 1.54) is 6.07 Å². The van der Waals surface area contributed by atoms with Gasteiger partial charge in [-0.2, -0.15) is 5.10 Å². The Kier molecular flexibility index (Phi) is 5.18. The van der Waals surface area contributed by atoms with Crippen molar-refractivity contribution in [3.63, 3.8) is 0 Å². The molecule has 168 valence electrons. The number of hydrogen-bond acceptors (Lipinski definition) is 6. The molecule has 4 heterocycles. The van der Waals surface area contributed by atoms with Crippen LogP contribution >= 0.6 is 0 Å². The number of aryl methyl sites for hydroxylation is 1. The van der Waals surface area contributed by atoms with Gasteiger partial charge in [-0.25, -0.2) is 9.37 Å². The second kappa shape index (κ2) is 8.18. The van der Waals surface area contributed by atoms with E-state index in [0.29, 0.717) is 36.7 Å². The van der Waals surface area contributed by atoms with Crippen molar-refractivity contribution < 1.29 is 9.13 Å². The van der Waals surface area contributed by atoms with Crippen LogP contribution < -0.4 is 10.1 Å². The molecule has 9 nitrogen and oxygen atoms in total. The minimum atomic E-state index is -0.282. The largest absolute Gasteiger partial charge is 0.493 e. The lowest BCUT2D eigenvalue weighted by Gasteiger charge is -2.12. The normalized spacial score (nSPS) is 12.7. The quantitative estimate of drug-likeness (QED) is 0.458. The number of fused-ring (bicyclic) bond motifs is 2. The van der Waals surface area contributed by atoms with Crippen molar-refractivity contribution in [2.75, 3.05) is 26.0 Å². The number of rotatable bonds is 6. The molecule has 0 bridgehead atoms. The molecule has 0 saturated heterocycles. The van der Waals surface area contributed by atoms with Crippen molar-refractivity contribution in [3.8, 4) is 17.0 Å². The van der Waals surface area contributed by atoms with Gasteiger partial charge in [0.05, 0.1) is 23.6 Å². The van der Waals surface area contributed by atoms with Crippen molar-refractivity contribution in [2.45, 2.75) is 19.5 Å². The summed E-state index contributed by atoms with van der Waals surface area (Å²) in [5.74, 6) is 1.17. The second-order valence-corrected chi connectivity index (χ2v) is 8.24. The summed E-state index contributed by atoms with van der Waals surface area (Å²) in [5.41, 5.74) is 4.56. The Morgan fingerprint density at radius 2 is 2.18 bits per heavy atom. The molecular weight excluding hydrogens is 423 g/mol. The number of nitrogens with one attached hydrogen (secondary N) is 1. The number of anilines is 1. The molecule has 3 aromatic heterocycles. The predicted octanol–water partition coefficient (Wildman–Crippen LogP) is 3.43. The summed E-state index contributed by atoms with van der Waals surface area (Å²) in [6.07, 6.45) is 4.02. The third-order valence-electron chi connectivity index (χ3n) is 5.64. The van der Waals surface area contributed by atoms with E-state index in [1.807, 2.05) is 32.1 Å². The molecule has 0 saturated carbocycles. The molecule has 0 aliphatic carbocycles. The van der Waals surface area contributed by atoms with Gasteiger partial charge in [0.25, 0.3) is 5.82 Å². The Labute approximate surface area is 190 Å². The van der Waals surface area contributed by atoms with Gasteiger partial charge in [-0.3, -0.25) is 9.08 Å². The lowest BCUT2D eigenvalue weighted by molar-refractivity contribution is 0.356. The summed E-state index contributed by atoms with van der Waals surface area (Å²) < 4.78 is 23.6. The molecule has 1 aromatic carbocycles. The lowest BCUT2D eigenvalue weighted by Crippen LogP contribution is -2.11. The van der Waals surface area contributed by atoms with Crippen LogP contribution in [0.2, 0.25) is 0 Å². The molecule has 1 aliphatic rings. The highest BCUT2D eigenvalue weighted by atomic mass is 19.1. The molecule has 5 rings (SSSR count). The SMILES string of the molecule is [C-]#[N+]c1cn2c(NCc3c(F)ccc4c3CCO4)ncc(-c3cc(CN(C)C)nn3C)c2n1. The van der Waals surface area contributed by atoms with Gasteiger partial charge in [-0.1, -0.05) is 11.6 Å². The Morgan fingerprint density at radius 3 is 2.97 bits per heavy atom. The van der Waals surface area contributed by atoms with Gasteiger partial charge in [0, 0.05) is 50.1 Å². The standard InChI is InChI=1S/C23H23FN8O/c1-25-21-13-32-22(28-21)17(19-9-14(12-30(2)3)29-31(19)4)11-27-23(32)26-10-16-15-7-8-33-20(15)6-5-18(16)24/h5-6,9,11,13H,7-8,10,12H2,2-4H3,(H,26,27). The van der Waals surface area contributed by atoms with Gasteiger partial charge in [-0.15, -0.1) is 0 Å². The van der Waals surface area contributed by atoms with E-state index in [-0.39, 0.29) is 18.2 Å². The van der Waals surface area contributed by atoms with Crippen LogP contribution in [-0.2, 0) is 26.6 Å². The highest BCUT2D eigenvalue weighted by molar-refractivity contribution is 5.77. The van der Waals surface area contributed by atoms with Crippen LogP contribution in [0.3, 0.4) is 0 Å². The molecule has 4 aromatic rings. The highest BCUT2D eigenvalue weighted by Crippen LogP contribution is 2.32. The summed E-state index contributed by atoms with van der Waals surface area (Å²) in [7, 11) is 5.85. The van der Waals surface area contributed by atoms with Crippen LogP contribution in [0, 0.1) is 12.4 Å². The molecular formula is C23H23FN8O. The fourth-order valence-electron chi connectivity index (χ4n) is 4.18. The van der Waals surface area contributed by atoms with Gasteiger partial charge >= 0.3 is 0 Å². The number of halogens is 1. The molecule has 10 heteroatoms. The Hall–Kier alpha value is -3.97.